The monoisotopic (exact) mass is 212 g/mol. The third-order valence-corrected chi connectivity index (χ3v) is 0.498. The molecule has 5 heteroatoms. The zero-order valence-corrected chi connectivity index (χ0v) is 9.48. The van der Waals surface area contributed by atoms with Gasteiger partial charge in [-0.25, -0.2) is 0 Å². The summed E-state index contributed by atoms with van der Waals surface area (Å²) in [5.41, 5.74) is 0. The van der Waals surface area contributed by atoms with Gasteiger partial charge in [0.2, 0.25) is 0 Å². The van der Waals surface area contributed by atoms with Crippen molar-refractivity contribution >= 4 is 11.6 Å². The molecule has 2 N–H and O–H groups in total. The molecular formula is C7H16O4Ti. The Hall–Kier alpha value is -0.0257. The first kappa shape index (κ1) is 22.7. The predicted molar refractivity (Wildman–Crippen MR) is 42.3 cm³/mol. The minimum Gasteiger partial charge on any atom is -0.400 e. The van der Waals surface area contributed by atoms with Crippen molar-refractivity contribution in [2.75, 3.05) is 14.2 Å². The van der Waals surface area contributed by atoms with Crippen LogP contribution in [0.25, 0.3) is 0 Å². The summed E-state index contributed by atoms with van der Waals surface area (Å²) in [5.74, 6) is -0.125. The number of ketones is 2. The number of aliphatic hydroxyl groups is 2. The fraction of sp³-hybridized carbons (Fsp3) is 0.714. The van der Waals surface area contributed by atoms with Crippen molar-refractivity contribution < 1.29 is 41.5 Å². The van der Waals surface area contributed by atoms with E-state index in [4.69, 9.17) is 10.2 Å². The topological polar surface area (TPSA) is 74.6 Å². The summed E-state index contributed by atoms with van der Waals surface area (Å²) in [4.78, 5) is 20.1. The van der Waals surface area contributed by atoms with E-state index in [1.807, 2.05) is 0 Å². The van der Waals surface area contributed by atoms with Gasteiger partial charge in [-0.2, -0.15) is 0 Å². The fourth-order valence-electron chi connectivity index (χ4n) is 0.351. The molecule has 0 fully saturated rings. The van der Waals surface area contributed by atoms with Crippen LogP contribution in [0, 0.1) is 0 Å². The second kappa shape index (κ2) is 22.4. The van der Waals surface area contributed by atoms with Crippen LogP contribution in [0.3, 0.4) is 0 Å². The van der Waals surface area contributed by atoms with Crippen molar-refractivity contribution in [3.05, 3.63) is 0 Å². The Morgan fingerprint density at radius 1 is 0.917 bits per heavy atom. The summed E-state index contributed by atoms with van der Waals surface area (Å²) in [6.07, 6.45) is 0.0833. The van der Waals surface area contributed by atoms with Gasteiger partial charge in [-0.3, -0.25) is 9.59 Å². The van der Waals surface area contributed by atoms with E-state index in [1.165, 1.54) is 13.8 Å². The summed E-state index contributed by atoms with van der Waals surface area (Å²) in [7, 11) is 2.00. The van der Waals surface area contributed by atoms with Gasteiger partial charge in [0, 0.05) is 35.9 Å². The summed E-state index contributed by atoms with van der Waals surface area (Å²) >= 11 is 0. The van der Waals surface area contributed by atoms with Crippen LogP contribution in [0.2, 0.25) is 0 Å². The number of rotatable bonds is 2. The molecule has 0 heterocycles. The molecule has 12 heavy (non-hydrogen) atoms. The Kier molecular flexibility index (Phi) is 42.4. The quantitative estimate of drug-likeness (QED) is 0.489. The zero-order chi connectivity index (χ0) is 9.86. The zero-order valence-electron chi connectivity index (χ0n) is 7.92. The maximum absolute atomic E-state index is 10.0. The van der Waals surface area contributed by atoms with Crippen LogP contribution >= 0.6 is 0 Å². The second-order valence-corrected chi connectivity index (χ2v) is 1.58. The Bertz CT molecular complexity index is 91.6. The second-order valence-electron chi connectivity index (χ2n) is 1.58. The molecule has 0 aliphatic rings. The first-order valence-corrected chi connectivity index (χ1v) is 3.01. The largest absolute Gasteiger partial charge is 0.400 e. The van der Waals surface area contributed by atoms with E-state index in [0.717, 1.165) is 14.2 Å². The number of hydrogen-bond donors (Lipinski definition) is 2. The van der Waals surface area contributed by atoms with E-state index < -0.39 is 0 Å². The fourth-order valence-corrected chi connectivity index (χ4v) is 0.351. The third-order valence-electron chi connectivity index (χ3n) is 0.498. The summed E-state index contributed by atoms with van der Waals surface area (Å²) < 4.78 is 0. The van der Waals surface area contributed by atoms with Crippen LogP contribution in [0.15, 0.2) is 0 Å². The van der Waals surface area contributed by atoms with E-state index in [-0.39, 0.29) is 39.7 Å². The van der Waals surface area contributed by atoms with Crippen molar-refractivity contribution in [2.45, 2.75) is 20.3 Å². The first-order chi connectivity index (χ1) is 5.13. The number of aliphatic hydroxyl groups excluding tert-OH is 2. The molecule has 0 saturated heterocycles. The van der Waals surface area contributed by atoms with Crippen molar-refractivity contribution in [3.8, 4) is 0 Å². The van der Waals surface area contributed by atoms with Crippen molar-refractivity contribution in [3.63, 3.8) is 0 Å². The van der Waals surface area contributed by atoms with Gasteiger partial charge in [0.15, 0.2) is 0 Å². The van der Waals surface area contributed by atoms with E-state index in [2.05, 4.69) is 0 Å². The van der Waals surface area contributed by atoms with E-state index in [9.17, 15) is 9.59 Å². The molecule has 0 aliphatic heterocycles. The standard InChI is InChI=1S/C5H8O2.2CH4O.Ti/c1-4(6)3-5(2)7;2*1-2;/h3H2,1-2H3;2*2H,1H3;. The van der Waals surface area contributed by atoms with Gasteiger partial charge in [0.1, 0.15) is 11.6 Å². The number of carbonyl (C=O) groups is 2. The average molecular weight is 212 g/mol. The van der Waals surface area contributed by atoms with Crippen molar-refractivity contribution in [1.82, 2.24) is 0 Å². The SMILES string of the molecule is CC(=O)CC(C)=O.CO.CO.[Ti]. The minimum absolute atomic E-state index is 0. The van der Waals surface area contributed by atoms with Crippen LogP contribution in [-0.2, 0) is 31.3 Å². The first-order valence-electron chi connectivity index (χ1n) is 3.01. The van der Waals surface area contributed by atoms with Crippen LogP contribution < -0.4 is 0 Å². The molecule has 0 aliphatic carbocycles. The summed E-state index contributed by atoms with van der Waals surface area (Å²) in [6, 6.07) is 0. The summed E-state index contributed by atoms with van der Waals surface area (Å²) in [6.45, 7) is 2.81. The van der Waals surface area contributed by atoms with Gasteiger partial charge < -0.3 is 10.2 Å². The molecule has 0 radical (unpaired) electrons. The smallest absolute Gasteiger partial charge is 0.137 e. The molecule has 0 rings (SSSR count). The van der Waals surface area contributed by atoms with Crippen molar-refractivity contribution in [1.29, 1.82) is 0 Å². The van der Waals surface area contributed by atoms with E-state index >= 15 is 0 Å². The molecule has 0 bridgehead atoms. The number of Topliss-reactive ketones (excluding diaryl/α,β-unsaturated/α-hetero) is 2. The maximum atomic E-state index is 10.0. The Morgan fingerprint density at radius 3 is 1.08 bits per heavy atom. The average Bonchev–Trinajstić information content (AvgIpc) is 1.93. The van der Waals surface area contributed by atoms with Crippen LogP contribution in [-0.4, -0.2) is 36.0 Å². The number of carbonyl (C=O) groups excluding carboxylic acids is 2. The van der Waals surface area contributed by atoms with Gasteiger partial charge in [-0.15, -0.1) is 0 Å². The molecule has 0 atom stereocenters. The molecule has 0 saturated carbocycles. The summed E-state index contributed by atoms with van der Waals surface area (Å²) in [5, 5.41) is 14.0. The molecule has 4 nitrogen and oxygen atoms in total. The van der Waals surface area contributed by atoms with Crippen LogP contribution in [0.1, 0.15) is 20.3 Å². The van der Waals surface area contributed by atoms with Crippen LogP contribution in [0.5, 0.6) is 0 Å². The Morgan fingerprint density at radius 2 is 1.08 bits per heavy atom. The number of hydrogen-bond acceptors (Lipinski definition) is 4. The van der Waals surface area contributed by atoms with Gasteiger partial charge in [-0.1, -0.05) is 0 Å². The molecule has 0 unspecified atom stereocenters. The molecule has 0 aromatic carbocycles. The van der Waals surface area contributed by atoms with Gasteiger partial charge in [0.05, 0.1) is 6.42 Å². The van der Waals surface area contributed by atoms with E-state index in [1.54, 1.807) is 0 Å². The molecule has 0 amide bonds. The Labute approximate surface area is 87.9 Å². The van der Waals surface area contributed by atoms with Gasteiger partial charge in [-0.05, 0) is 13.8 Å². The predicted octanol–water partition coefficient (Wildman–Crippen LogP) is -0.231. The maximum Gasteiger partial charge on any atom is 0.137 e. The van der Waals surface area contributed by atoms with E-state index in [0.29, 0.717) is 0 Å². The third kappa shape index (κ3) is 50.9. The van der Waals surface area contributed by atoms with Crippen LogP contribution in [0.4, 0.5) is 0 Å². The molecule has 0 spiro atoms. The molecule has 0 aromatic rings. The van der Waals surface area contributed by atoms with Crippen molar-refractivity contribution in [2.24, 2.45) is 0 Å². The Balaban J connectivity index is -0.0000000560. The minimum atomic E-state index is -0.0625. The van der Waals surface area contributed by atoms with Gasteiger partial charge >= 0.3 is 0 Å². The molecule has 0 aromatic heterocycles. The van der Waals surface area contributed by atoms with Gasteiger partial charge in [0.25, 0.3) is 0 Å². The normalized spacial score (nSPS) is 5.83. The molecular weight excluding hydrogens is 196 g/mol. The molecule has 72 valence electrons.